The first-order valence-electron chi connectivity index (χ1n) is 9.34. The van der Waals surface area contributed by atoms with Crippen LogP contribution < -0.4 is 5.32 Å². The number of carbonyl (C=O) groups excluding carboxylic acids is 1. The van der Waals surface area contributed by atoms with Gasteiger partial charge in [-0.05, 0) is 30.7 Å². The Morgan fingerprint density at radius 2 is 1.97 bits per heavy atom. The van der Waals surface area contributed by atoms with Crippen LogP contribution in [0.3, 0.4) is 0 Å². The van der Waals surface area contributed by atoms with E-state index in [4.69, 9.17) is 16.0 Å². The van der Waals surface area contributed by atoms with E-state index in [-0.39, 0.29) is 5.57 Å². The summed E-state index contributed by atoms with van der Waals surface area (Å²) in [4.78, 5) is 17.0. The lowest BCUT2D eigenvalue weighted by atomic mass is 10.1. The van der Waals surface area contributed by atoms with Crippen molar-refractivity contribution >= 4 is 40.1 Å². The molecule has 152 valence electrons. The van der Waals surface area contributed by atoms with Crippen molar-refractivity contribution in [1.29, 1.82) is 5.26 Å². The first-order valence-corrected chi connectivity index (χ1v) is 10.6. The van der Waals surface area contributed by atoms with Crippen LogP contribution in [0.2, 0.25) is 5.02 Å². The second kappa shape index (κ2) is 9.00. The molecule has 4 rings (SSSR count). The monoisotopic (exact) mass is 445 g/mol. The minimum absolute atomic E-state index is 0.0840. The van der Waals surface area contributed by atoms with Crippen LogP contribution >= 0.6 is 22.9 Å². The van der Waals surface area contributed by atoms with E-state index in [1.54, 1.807) is 12.1 Å². The fraction of sp³-hybridized carbons (Fsp3) is 0.0417. The van der Waals surface area contributed by atoms with Gasteiger partial charge in [-0.3, -0.25) is 10.1 Å². The largest absolute Gasteiger partial charge is 0.457 e. The van der Waals surface area contributed by atoms with Gasteiger partial charge in [0.05, 0.1) is 5.69 Å². The van der Waals surface area contributed by atoms with Gasteiger partial charge in [0.2, 0.25) is 0 Å². The topological polar surface area (TPSA) is 78.9 Å². The zero-order valence-corrected chi connectivity index (χ0v) is 18.0. The van der Waals surface area contributed by atoms with E-state index in [0.29, 0.717) is 21.7 Å². The summed E-state index contributed by atoms with van der Waals surface area (Å²) in [6.45, 7) is 1.92. The van der Waals surface area contributed by atoms with Crippen molar-refractivity contribution < 1.29 is 9.21 Å². The maximum atomic E-state index is 12.6. The summed E-state index contributed by atoms with van der Waals surface area (Å²) in [6, 6.07) is 20.7. The maximum absolute atomic E-state index is 12.6. The molecule has 4 aromatic rings. The van der Waals surface area contributed by atoms with E-state index in [1.165, 1.54) is 17.4 Å². The second-order valence-electron chi connectivity index (χ2n) is 6.69. The third-order valence-electron chi connectivity index (χ3n) is 4.53. The Labute approximate surface area is 188 Å². The number of carbonyl (C=O) groups is 1. The number of hydrogen-bond donors (Lipinski definition) is 1. The highest BCUT2D eigenvalue weighted by Crippen LogP contribution is 2.28. The summed E-state index contributed by atoms with van der Waals surface area (Å²) >= 11 is 7.48. The molecule has 2 aromatic heterocycles. The molecule has 7 heteroatoms. The fourth-order valence-electron chi connectivity index (χ4n) is 2.86. The lowest BCUT2D eigenvalue weighted by Gasteiger charge is -2.01. The van der Waals surface area contributed by atoms with Crippen LogP contribution in [0.25, 0.3) is 28.7 Å². The Bertz CT molecular complexity index is 1320. The van der Waals surface area contributed by atoms with Crippen molar-refractivity contribution in [1.82, 2.24) is 4.98 Å². The van der Waals surface area contributed by atoms with Crippen LogP contribution in [0.5, 0.6) is 0 Å². The van der Waals surface area contributed by atoms with Gasteiger partial charge in [-0.15, -0.1) is 11.3 Å². The summed E-state index contributed by atoms with van der Waals surface area (Å²) in [5.41, 5.74) is 3.41. The first-order chi connectivity index (χ1) is 15.0. The Morgan fingerprint density at radius 1 is 1.16 bits per heavy atom. The second-order valence-corrected chi connectivity index (χ2v) is 7.96. The number of halogens is 1. The lowest BCUT2D eigenvalue weighted by Crippen LogP contribution is -2.13. The zero-order chi connectivity index (χ0) is 21.8. The average molecular weight is 446 g/mol. The molecule has 2 aromatic carbocycles. The molecule has 31 heavy (non-hydrogen) atoms. The van der Waals surface area contributed by atoms with E-state index in [0.717, 1.165) is 22.4 Å². The SMILES string of the molecule is Cc1ccc(-c2ccc(C=C(C#N)C(=O)Nc3nc(-c4ccccc4)cs3)o2)cc1Cl. The Morgan fingerprint density at radius 3 is 2.71 bits per heavy atom. The third-order valence-corrected chi connectivity index (χ3v) is 5.69. The zero-order valence-electron chi connectivity index (χ0n) is 16.4. The number of nitriles is 1. The van der Waals surface area contributed by atoms with Gasteiger partial charge in [0.25, 0.3) is 5.91 Å². The number of nitrogens with zero attached hydrogens (tertiary/aromatic N) is 2. The quantitative estimate of drug-likeness (QED) is 0.278. The van der Waals surface area contributed by atoms with Crippen LogP contribution in [-0.4, -0.2) is 10.9 Å². The Kier molecular flexibility index (Phi) is 5.99. The highest BCUT2D eigenvalue weighted by atomic mass is 35.5. The number of hydrogen-bond acceptors (Lipinski definition) is 5. The summed E-state index contributed by atoms with van der Waals surface area (Å²) in [7, 11) is 0. The normalized spacial score (nSPS) is 11.2. The molecule has 0 aliphatic heterocycles. The van der Waals surface area contributed by atoms with Gasteiger partial charge in [-0.1, -0.05) is 54.1 Å². The number of aryl methyl sites for hydroxylation is 1. The molecule has 0 aliphatic rings. The van der Waals surface area contributed by atoms with Crippen LogP contribution in [0, 0.1) is 18.3 Å². The smallest absolute Gasteiger partial charge is 0.268 e. The summed E-state index contributed by atoms with van der Waals surface area (Å²) in [6.07, 6.45) is 1.40. The van der Waals surface area contributed by atoms with Gasteiger partial charge in [0.15, 0.2) is 5.13 Å². The molecule has 5 nitrogen and oxygen atoms in total. The summed E-state index contributed by atoms with van der Waals surface area (Å²) in [5, 5.41) is 15.0. The van der Waals surface area contributed by atoms with E-state index in [2.05, 4.69) is 10.3 Å². The van der Waals surface area contributed by atoms with Crippen molar-refractivity contribution in [2.24, 2.45) is 0 Å². The molecule has 0 bridgehead atoms. The van der Waals surface area contributed by atoms with Crippen molar-refractivity contribution in [3.05, 3.63) is 88.0 Å². The van der Waals surface area contributed by atoms with Crippen molar-refractivity contribution in [2.75, 3.05) is 5.32 Å². The molecular formula is C24H16ClN3O2S. The Balaban J connectivity index is 1.50. The molecule has 0 fully saturated rings. The van der Waals surface area contributed by atoms with Crippen LogP contribution in [0.15, 0.2) is 76.0 Å². The minimum atomic E-state index is -0.548. The van der Waals surface area contributed by atoms with E-state index in [9.17, 15) is 10.1 Å². The van der Waals surface area contributed by atoms with Crippen LogP contribution in [-0.2, 0) is 4.79 Å². The van der Waals surface area contributed by atoms with Gasteiger partial charge in [0.1, 0.15) is 23.2 Å². The average Bonchev–Trinajstić information content (AvgIpc) is 3.44. The number of anilines is 1. The molecule has 0 aliphatic carbocycles. The first kappa shape index (κ1) is 20.6. The van der Waals surface area contributed by atoms with Gasteiger partial charge in [-0.2, -0.15) is 5.26 Å². The molecule has 0 unspecified atom stereocenters. The number of amides is 1. The predicted molar refractivity (Wildman–Crippen MR) is 124 cm³/mol. The van der Waals surface area contributed by atoms with Crippen molar-refractivity contribution in [2.45, 2.75) is 6.92 Å². The van der Waals surface area contributed by atoms with Crippen LogP contribution in [0.4, 0.5) is 5.13 Å². The molecule has 0 atom stereocenters. The molecule has 0 radical (unpaired) electrons. The highest BCUT2D eigenvalue weighted by Gasteiger charge is 2.14. The van der Waals surface area contributed by atoms with Crippen molar-refractivity contribution in [3.63, 3.8) is 0 Å². The molecule has 0 spiro atoms. The fourth-order valence-corrected chi connectivity index (χ4v) is 3.75. The highest BCUT2D eigenvalue weighted by molar-refractivity contribution is 7.14. The number of aromatic nitrogens is 1. The number of thiazole rings is 1. The molecule has 1 N–H and O–H groups in total. The Hall–Kier alpha value is -3.66. The van der Waals surface area contributed by atoms with E-state index in [1.807, 2.05) is 66.9 Å². The molecule has 0 saturated carbocycles. The molecular weight excluding hydrogens is 430 g/mol. The van der Waals surface area contributed by atoms with Gasteiger partial charge in [0, 0.05) is 27.6 Å². The third kappa shape index (κ3) is 4.75. The predicted octanol–water partition coefficient (Wildman–Crippen LogP) is 6.58. The van der Waals surface area contributed by atoms with E-state index < -0.39 is 5.91 Å². The minimum Gasteiger partial charge on any atom is -0.457 e. The number of rotatable bonds is 5. The van der Waals surface area contributed by atoms with Gasteiger partial charge < -0.3 is 4.42 Å². The van der Waals surface area contributed by atoms with Gasteiger partial charge in [-0.25, -0.2) is 4.98 Å². The molecule has 0 saturated heterocycles. The number of benzene rings is 2. The molecule has 2 heterocycles. The lowest BCUT2D eigenvalue weighted by molar-refractivity contribution is -0.112. The summed E-state index contributed by atoms with van der Waals surface area (Å²) < 4.78 is 5.78. The number of nitrogens with one attached hydrogen (secondary N) is 1. The van der Waals surface area contributed by atoms with Crippen molar-refractivity contribution in [3.8, 4) is 28.7 Å². The van der Waals surface area contributed by atoms with Gasteiger partial charge >= 0.3 is 0 Å². The number of furan rings is 1. The van der Waals surface area contributed by atoms with E-state index >= 15 is 0 Å². The van der Waals surface area contributed by atoms with Crippen LogP contribution in [0.1, 0.15) is 11.3 Å². The molecule has 1 amide bonds. The maximum Gasteiger partial charge on any atom is 0.268 e. The summed E-state index contributed by atoms with van der Waals surface area (Å²) in [5.74, 6) is 0.438. The standard InChI is InChI=1S/C24H16ClN3O2S/c1-15-7-8-17(12-20(15)25)22-10-9-19(30-22)11-18(13-26)23(29)28-24-27-21(14-31-24)16-5-3-2-4-6-16/h2-12,14H,1H3,(H,27,28,29).